The summed E-state index contributed by atoms with van der Waals surface area (Å²) in [5.74, 6) is 0.325. The van der Waals surface area contributed by atoms with Crippen LogP contribution in [0, 0.1) is 13.8 Å². The summed E-state index contributed by atoms with van der Waals surface area (Å²) >= 11 is 5.90. The summed E-state index contributed by atoms with van der Waals surface area (Å²) in [5.41, 5.74) is 10.2. The standard InChI is InChI=1S/C14H18ClN3/c1-9(8-16)14-10(2)17-18(11(14)3)13-6-4-12(15)5-7-13/h4-7,9H,8,16H2,1-3H3. The first-order chi connectivity index (χ1) is 8.54. The fourth-order valence-electron chi connectivity index (χ4n) is 2.32. The lowest BCUT2D eigenvalue weighted by atomic mass is 9.99. The number of aromatic nitrogens is 2. The van der Waals surface area contributed by atoms with Crippen molar-refractivity contribution in [3.05, 3.63) is 46.2 Å². The molecule has 0 saturated heterocycles. The molecule has 0 aliphatic rings. The van der Waals surface area contributed by atoms with Crippen LogP contribution >= 0.6 is 11.6 Å². The van der Waals surface area contributed by atoms with Crippen molar-refractivity contribution in [1.82, 2.24) is 9.78 Å². The van der Waals surface area contributed by atoms with Crippen LogP contribution in [-0.2, 0) is 0 Å². The molecule has 0 saturated carbocycles. The Morgan fingerprint density at radius 3 is 2.44 bits per heavy atom. The van der Waals surface area contributed by atoms with E-state index in [0.29, 0.717) is 12.5 Å². The Balaban J connectivity index is 2.50. The minimum absolute atomic E-state index is 0.325. The van der Waals surface area contributed by atoms with Gasteiger partial charge in [0.1, 0.15) is 0 Å². The van der Waals surface area contributed by atoms with Gasteiger partial charge >= 0.3 is 0 Å². The number of rotatable bonds is 3. The molecular formula is C14H18ClN3. The molecular weight excluding hydrogens is 246 g/mol. The first-order valence-electron chi connectivity index (χ1n) is 6.06. The van der Waals surface area contributed by atoms with Crippen LogP contribution in [0.5, 0.6) is 0 Å². The lowest BCUT2D eigenvalue weighted by Gasteiger charge is -2.10. The molecule has 1 unspecified atom stereocenters. The van der Waals surface area contributed by atoms with E-state index in [1.807, 2.05) is 35.9 Å². The van der Waals surface area contributed by atoms with Gasteiger partial charge in [-0.15, -0.1) is 0 Å². The molecule has 18 heavy (non-hydrogen) atoms. The molecule has 96 valence electrons. The largest absolute Gasteiger partial charge is 0.330 e. The smallest absolute Gasteiger partial charge is 0.0649 e. The van der Waals surface area contributed by atoms with Gasteiger partial charge < -0.3 is 5.73 Å². The van der Waals surface area contributed by atoms with Gasteiger partial charge in [0.2, 0.25) is 0 Å². The number of hydrogen-bond donors (Lipinski definition) is 1. The van der Waals surface area contributed by atoms with Gasteiger partial charge in [-0.1, -0.05) is 18.5 Å². The maximum atomic E-state index is 5.90. The molecule has 0 radical (unpaired) electrons. The second-order valence-corrected chi connectivity index (χ2v) is 5.05. The molecule has 0 bridgehead atoms. The predicted octanol–water partition coefficient (Wildman–Crippen LogP) is 3.20. The Labute approximate surface area is 113 Å². The van der Waals surface area contributed by atoms with Gasteiger partial charge in [-0.3, -0.25) is 0 Å². The van der Waals surface area contributed by atoms with Crippen molar-refractivity contribution in [1.29, 1.82) is 0 Å². The van der Waals surface area contributed by atoms with Crippen molar-refractivity contribution >= 4 is 11.6 Å². The molecule has 2 aromatic rings. The highest BCUT2D eigenvalue weighted by molar-refractivity contribution is 6.30. The number of nitrogens with two attached hydrogens (primary N) is 1. The summed E-state index contributed by atoms with van der Waals surface area (Å²) in [4.78, 5) is 0. The van der Waals surface area contributed by atoms with E-state index in [1.165, 1.54) is 5.56 Å². The van der Waals surface area contributed by atoms with E-state index >= 15 is 0 Å². The molecule has 1 aromatic heterocycles. The topological polar surface area (TPSA) is 43.8 Å². The van der Waals surface area contributed by atoms with Crippen LogP contribution in [0.25, 0.3) is 5.69 Å². The maximum Gasteiger partial charge on any atom is 0.0649 e. The number of hydrogen-bond acceptors (Lipinski definition) is 2. The second kappa shape index (κ2) is 5.12. The van der Waals surface area contributed by atoms with Gasteiger partial charge in [-0.2, -0.15) is 5.10 Å². The van der Waals surface area contributed by atoms with Crippen LogP contribution in [0.4, 0.5) is 0 Å². The number of halogens is 1. The van der Waals surface area contributed by atoms with Crippen LogP contribution in [0.3, 0.4) is 0 Å². The lowest BCUT2D eigenvalue weighted by molar-refractivity contribution is 0.759. The van der Waals surface area contributed by atoms with Crippen LogP contribution in [0.1, 0.15) is 29.8 Å². The average Bonchev–Trinajstić information content (AvgIpc) is 2.65. The SMILES string of the molecule is Cc1nn(-c2ccc(Cl)cc2)c(C)c1C(C)CN. The normalized spacial score (nSPS) is 12.7. The highest BCUT2D eigenvalue weighted by Gasteiger charge is 2.17. The fourth-order valence-corrected chi connectivity index (χ4v) is 2.45. The average molecular weight is 264 g/mol. The zero-order valence-corrected chi connectivity index (χ0v) is 11.7. The van der Waals surface area contributed by atoms with Crippen LogP contribution in [-0.4, -0.2) is 16.3 Å². The Hall–Kier alpha value is -1.32. The second-order valence-electron chi connectivity index (χ2n) is 4.61. The van der Waals surface area contributed by atoms with Crippen LogP contribution in [0.2, 0.25) is 5.02 Å². The molecule has 2 rings (SSSR count). The highest BCUT2D eigenvalue weighted by Crippen LogP contribution is 2.25. The number of benzene rings is 1. The van der Waals surface area contributed by atoms with E-state index in [-0.39, 0.29) is 0 Å². The summed E-state index contributed by atoms with van der Waals surface area (Å²) in [6, 6.07) is 7.69. The zero-order chi connectivity index (χ0) is 13.3. The van der Waals surface area contributed by atoms with Gasteiger partial charge in [0.25, 0.3) is 0 Å². The third-order valence-electron chi connectivity index (χ3n) is 3.26. The Morgan fingerprint density at radius 1 is 1.28 bits per heavy atom. The van der Waals surface area contributed by atoms with Crippen LogP contribution in [0.15, 0.2) is 24.3 Å². The van der Waals surface area contributed by atoms with Crippen molar-refractivity contribution < 1.29 is 0 Å². The molecule has 4 heteroatoms. The predicted molar refractivity (Wildman–Crippen MR) is 75.5 cm³/mol. The van der Waals surface area contributed by atoms with Gasteiger partial charge in [0, 0.05) is 16.3 Å². The van der Waals surface area contributed by atoms with E-state index < -0.39 is 0 Å². The van der Waals surface area contributed by atoms with E-state index in [0.717, 1.165) is 22.1 Å². The van der Waals surface area contributed by atoms with Crippen molar-refractivity contribution in [3.8, 4) is 5.69 Å². The van der Waals surface area contributed by atoms with Crippen molar-refractivity contribution in [2.45, 2.75) is 26.7 Å². The molecule has 0 aliphatic carbocycles. The van der Waals surface area contributed by atoms with Gasteiger partial charge in [0.15, 0.2) is 0 Å². The molecule has 0 aliphatic heterocycles. The Morgan fingerprint density at radius 2 is 1.89 bits per heavy atom. The zero-order valence-electron chi connectivity index (χ0n) is 10.9. The first-order valence-corrected chi connectivity index (χ1v) is 6.44. The molecule has 2 N–H and O–H groups in total. The summed E-state index contributed by atoms with van der Waals surface area (Å²) < 4.78 is 1.95. The minimum atomic E-state index is 0.325. The molecule has 3 nitrogen and oxygen atoms in total. The summed E-state index contributed by atoms with van der Waals surface area (Å²) in [6.07, 6.45) is 0. The highest BCUT2D eigenvalue weighted by atomic mass is 35.5. The first kappa shape index (κ1) is 13.1. The molecule has 0 fully saturated rings. The van der Waals surface area contributed by atoms with Crippen molar-refractivity contribution in [2.75, 3.05) is 6.54 Å². The molecule has 1 aromatic carbocycles. The minimum Gasteiger partial charge on any atom is -0.330 e. The van der Waals surface area contributed by atoms with E-state index in [9.17, 15) is 0 Å². The third-order valence-corrected chi connectivity index (χ3v) is 3.52. The molecule has 1 heterocycles. The van der Waals surface area contributed by atoms with E-state index in [4.69, 9.17) is 17.3 Å². The van der Waals surface area contributed by atoms with E-state index in [2.05, 4.69) is 18.9 Å². The molecule has 0 spiro atoms. The lowest BCUT2D eigenvalue weighted by Crippen LogP contribution is -2.10. The third kappa shape index (κ3) is 2.28. The van der Waals surface area contributed by atoms with E-state index in [1.54, 1.807) is 0 Å². The summed E-state index contributed by atoms with van der Waals surface area (Å²) in [6.45, 7) is 6.87. The fraction of sp³-hybridized carbons (Fsp3) is 0.357. The Kier molecular flexibility index (Phi) is 3.73. The number of aryl methyl sites for hydroxylation is 1. The summed E-state index contributed by atoms with van der Waals surface area (Å²) in [5, 5.41) is 5.33. The van der Waals surface area contributed by atoms with Gasteiger partial charge in [0.05, 0.1) is 11.4 Å². The monoisotopic (exact) mass is 263 g/mol. The number of nitrogens with zero attached hydrogens (tertiary/aromatic N) is 2. The maximum absolute atomic E-state index is 5.90. The molecule has 0 amide bonds. The Bertz CT molecular complexity index is 543. The molecule has 1 atom stereocenters. The summed E-state index contributed by atoms with van der Waals surface area (Å²) in [7, 11) is 0. The van der Waals surface area contributed by atoms with Crippen LogP contribution < -0.4 is 5.73 Å². The van der Waals surface area contributed by atoms with Crippen molar-refractivity contribution in [2.24, 2.45) is 5.73 Å². The quantitative estimate of drug-likeness (QED) is 0.924. The van der Waals surface area contributed by atoms with Gasteiger partial charge in [-0.25, -0.2) is 4.68 Å². The van der Waals surface area contributed by atoms with Crippen molar-refractivity contribution in [3.63, 3.8) is 0 Å². The van der Waals surface area contributed by atoms with Gasteiger partial charge in [-0.05, 0) is 50.6 Å².